The van der Waals surface area contributed by atoms with Crippen molar-refractivity contribution in [2.45, 2.75) is 329 Å². The molecular formula is C66H124O17P2. The Hall–Kier alpha value is -2.46. The second kappa shape index (κ2) is 59.2. The number of phosphoric acid groups is 2. The molecule has 3 N–H and O–H groups in total. The van der Waals surface area contributed by atoms with Crippen LogP contribution in [0.5, 0.6) is 0 Å². The van der Waals surface area contributed by atoms with E-state index >= 15 is 0 Å². The first-order valence-electron chi connectivity index (χ1n) is 34.0. The Morgan fingerprint density at radius 2 is 0.635 bits per heavy atom. The van der Waals surface area contributed by atoms with Crippen LogP contribution in [0.3, 0.4) is 0 Å². The van der Waals surface area contributed by atoms with Gasteiger partial charge in [-0.15, -0.1) is 0 Å². The minimum Gasteiger partial charge on any atom is -0.462 e. The Morgan fingerprint density at radius 3 is 0.965 bits per heavy atom. The molecule has 0 fully saturated rings. The largest absolute Gasteiger partial charge is 0.472 e. The van der Waals surface area contributed by atoms with Gasteiger partial charge in [-0.3, -0.25) is 37.3 Å². The second-order valence-electron chi connectivity index (χ2n) is 23.6. The van der Waals surface area contributed by atoms with E-state index in [0.717, 1.165) is 121 Å². The summed E-state index contributed by atoms with van der Waals surface area (Å²) < 4.78 is 67.9. The van der Waals surface area contributed by atoms with E-state index in [1.165, 1.54) is 109 Å². The van der Waals surface area contributed by atoms with Crippen LogP contribution >= 0.6 is 15.6 Å². The molecule has 0 bridgehead atoms. The number of aliphatic hydroxyl groups is 1. The molecule has 0 spiro atoms. The van der Waals surface area contributed by atoms with Crippen molar-refractivity contribution < 1.29 is 80.2 Å². The average Bonchev–Trinajstić information content (AvgIpc) is 3.52. The SMILES string of the molecule is CCCCCC/C=C\C=C/CCCCCCCC(=O)O[C@H](COC(=O)CCCCCCCCCCCCC(C)C)COP(=O)(O)OC[C@@H](O)COP(=O)(O)OC[C@@H](COC(=O)CCCCCCCCC)OC(=O)CCCCCCCCCCCC. The number of ether oxygens (including phenoxy) is 4. The van der Waals surface area contributed by atoms with Gasteiger partial charge < -0.3 is 33.8 Å². The summed E-state index contributed by atoms with van der Waals surface area (Å²) in [6.45, 7) is 7.09. The molecule has 0 aliphatic carbocycles. The molecule has 500 valence electrons. The van der Waals surface area contributed by atoms with Crippen LogP contribution < -0.4 is 0 Å². The molecule has 0 aliphatic heterocycles. The van der Waals surface area contributed by atoms with E-state index in [4.69, 9.17) is 37.0 Å². The van der Waals surface area contributed by atoms with Gasteiger partial charge in [0.25, 0.3) is 0 Å². The van der Waals surface area contributed by atoms with E-state index in [9.17, 15) is 43.2 Å². The number of esters is 4. The highest BCUT2D eigenvalue weighted by Crippen LogP contribution is 2.45. The molecule has 0 aromatic rings. The number of allylic oxidation sites excluding steroid dienone is 4. The minimum atomic E-state index is -4.95. The highest BCUT2D eigenvalue weighted by molar-refractivity contribution is 7.47. The summed E-state index contributed by atoms with van der Waals surface area (Å²) in [4.78, 5) is 72.2. The smallest absolute Gasteiger partial charge is 0.462 e. The number of hydrogen-bond donors (Lipinski definition) is 3. The van der Waals surface area contributed by atoms with Crippen molar-refractivity contribution in [2.75, 3.05) is 39.6 Å². The van der Waals surface area contributed by atoms with Crippen LogP contribution in [0.2, 0.25) is 0 Å². The Bertz CT molecular complexity index is 1740. The lowest BCUT2D eigenvalue weighted by molar-refractivity contribution is -0.161. The molecule has 0 amide bonds. The van der Waals surface area contributed by atoms with E-state index in [-0.39, 0.29) is 25.7 Å². The van der Waals surface area contributed by atoms with Crippen LogP contribution in [0.15, 0.2) is 24.3 Å². The Labute approximate surface area is 516 Å². The summed E-state index contributed by atoms with van der Waals surface area (Å²) in [6.07, 6.45) is 46.7. The quantitative estimate of drug-likeness (QED) is 0.0169. The van der Waals surface area contributed by atoms with Crippen LogP contribution in [-0.4, -0.2) is 96.7 Å². The van der Waals surface area contributed by atoms with Crippen molar-refractivity contribution >= 4 is 39.5 Å². The van der Waals surface area contributed by atoms with Crippen molar-refractivity contribution in [3.05, 3.63) is 24.3 Å². The molecular weight excluding hydrogens is 1130 g/mol. The summed E-state index contributed by atoms with van der Waals surface area (Å²) in [7, 11) is -9.90. The summed E-state index contributed by atoms with van der Waals surface area (Å²) in [6, 6.07) is 0. The van der Waals surface area contributed by atoms with Gasteiger partial charge in [0.05, 0.1) is 26.4 Å². The van der Waals surface area contributed by atoms with Crippen molar-refractivity contribution in [3.63, 3.8) is 0 Å². The molecule has 0 rings (SSSR count). The second-order valence-corrected chi connectivity index (χ2v) is 26.6. The molecule has 0 aromatic carbocycles. The maximum Gasteiger partial charge on any atom is 0.472 e. The molecule has 0 saturated heterocycles. The zero-order valence-electron chi connectivity index (χ0n) is 54.2. The highest BCUT2D eigenvalue weighted by Gasteiger charge is 2.30. The molecule has 17 nitrogen and oxygen atoms in total. The number of carbonyl (C=O) groups is 4. The van der Waals surface area contributed by atoms with Gasteiger partial charge in [-0.25, -0.2) is 9.13 Å². The first-order valence-corrected chi connectivity index (χ1v) is 36.9. The number of rotatable bonds is 64. The lowest BCUT2D eigenvalue weighted by atomic mass is 10.0. The van der Waals surface area contributed by atoms with Gasteiger partial charge in [0, 0.05) is 25.7 Å². The Morgan fingerprint density at radius 1 is 0.365 bits per heavy atom. The first-order chi connectivity index (χ1) is 41.0. The molecule has 19 heteroatoms. The van der Waals surface area contributed by atoms with Crippen LogP contribution in [-0.2, 0) is 65.4 Å². The Balaban J connectivity index is 5.25. The van der Waals surface area contributed by atoms with Crippen molar-refractivity contribution in [3.8, 4) is 0 Å². The molecule has 0 radical (unpaired) electrons. The average molecular weight is 1250 g/mol. The van der Waals surface area contributed by atoms with Gasteiger partial charge in [0.1, 0.15) is 19.3 Å². The van der Waals surface area contributed by atoms with Gasteiger partial charge in [-0.1, -0.05) is 258 Å². The van der Waals surface area contributed by atoms with Gasteiger partial charge in [0.15, 0.2) is 12.2 Å². The van der Waals surface area contributed by atoms with E-state index < -0.39 is 97.5 Å². The number of carbonyl (C=O) groups excluding carboxylic acids is 4. The molecule has 0 heterocycles. The maximum atomic E-state index is 13.0. The van der Waals surface area contributed by atoms with Crippen LogP contribution in [0, 0.1) is 5.92 Å². The molecule has 0 aromatic heterocycles. The van der Waals surface area contributed by atoms with Crippen LogP contribution in [0.25, 0.3) is 0 Å². The molecule has 5 atom stereocenters. The van der Waals surface area contributed by atoms with E-state index in [1.807, 2.05) is 0 Å². The van der Waals surface area contributed by atoms with Crippen molar-refractivity contribution in [1.82, 2.24) is 0 Å². The molecule has 2 unspecified atom stereocenters. The lowest BCUT2D eigenvalue weighted by Gasteiger charge is -2.21. The summed E-state index contributed by atoms with van der Waals surface area (Å²) >= 11 is 0. The van der Waals surface area contributed by atoms with Gasteiger partial charge >= 0.3 is 39.5 Å². The van der Waals surface area contributed by atoms with E-state index in [1.54, 1.807) is 0 Å². The fraction of sp³-hybridized carbons (Fsp3) is 0.879. The van der Waals surface area contributed by atoms with Crippen LogP contribution in [0.4, 0.5) is 0 Å². The zero-order chi connectivity index (χ0) is 62.8. The fourth-order valence-corrected chi connectivity index (χ4v) is 11.0. The number of hydrogen-bond acceptors (Lipinski definition) is 15. The molecule has 85 heavy (non-hydrogen) atoms. The van der Waals surface area contributed by atoms with Crippen LogP contribution in [0.1, 0.15) is 311 Å². The number of phosphoric ester groups is 2. The van der Waals surface area contributed by atoms with Gasteiger partial charge in [0.2, 0.25) is 0 Å². The predicted octanol–water partition coefficient (Wildman–Crippen LogP) is 18.1. The maximum absolute atomic E-state index is 13.0. The summed E-state index contributed by atoms with van der Waals surface area (Å²) in [5.41, 5.74) is 0. The normalized spacial score (nSPS) is 14.4. The standard InChI is InChI=1S/C66H124O17P2/c1-6-9-12-15-18-20-22-23-24-25-26-32-37-42-47-52-66(71)83-62(56-77-64(69)50-45-40-35-31-28-27-29-34-38-43-48-59(4)5)58-81-85(74,75)79-54-60(67)53-78-84(72,73)80-57-61(55-76-63(68)49-44-39-33-17-14-11-8-3)82-65(70)51-46-41-36-30-21-19-16-13-10-7-2/h20,22-24,59-62,67H,6-19,21,25-58H2,1-5H3,(H,72,73)(H,74,75)/b22-20-,24-23-/t60-,61+,62+/m0/s1. The fourth-order valence-electron chi connectivity index (χ4n) is 9.40. The first kappa shape index (κ1) is 82.5. The summed E-state index contributed by atoms with van der Waals surface area (Å²) in [5.74, 6) is -1.41. The van der Waals surface area contributed by atoms with Crippen molar-refractivity contribution in [2.24, 2.45) is 5.92 Å². The topological polar surface area (TPSA) is 237 Å². The zero-order valence-corrected chi connectivity index (χ0v) is 56.0. The predicted molar refractivity (Wildman–Crippen MR) is 340 cm³/mol. The van der Waals surface area contributed by atoms with Gasteiger partial charge in [-0.2, -0.15) is 0 Å². The Kier molecular flexibility index (Phi) is 57.5. The van der Waals surface area contributed by atoms with E-state index in [2.05, 4.69) is 58.9 Å². The summed E-state index contributed by atoms with van der Waals surface area (Å²) in [5, 5.41) is 10.5. The molecule has 0 saturated carbocycles. The number of unbranched alkanes of at least 4 members (excludes halogenated alkanes) is 33. The third-order valence-corrected chi connectivity index (χ3v) is 16.6. The highest BCUT2D eigenvalue weighted by atomic mass is 31.2. The minimum absolute atomic E-state index is 0.0848. The monoisotopic (exact) mass is 1250 g/mol. The lowest BCUT2D eigenvalue weighted by Crippen LogP contribution is -2.30. The molecule has 0 aliphatic rings. The van der Waals surface area contributed by atoms with Crippen molar-refractivity contribution in [1.29, 1.82) is 0 Å². The van der Waals surface area contributed by atoms with E-state index in [0.29, 0.717) is 25.7 Å². The van der Waals surface area contributed by atoms with Gasteiger partial charge in [-0.05, 0) is 57.3 Å². The number of aliphatic hydroxyl groups excluding tert-OH is 1. The third-order valence-electron chi connectivity index (χ3n) is 14.7. The third kappa shape index (κ3) is 60.2.